The number of anilines is 1. The highest BCUT2D eigenvalue weighted by Gasteiger charge is 2.10. The molecule has 0 atom stereocenters. The summed E-state index contributed by atoms with van der Waals surface area (Å²) in [5.41, 5.74) is 4.70. The lowest BCUT2D eigenvalue weighted by atomic mass is 10.1. The van der Waals surface area contributed by atoms with Crippen LogP contribution in [0.2, 0.25) is 0 Å². The first-order chi connectivity index (χ1) is 12.1. The summed E-state index contributed by atoms with van der Waals surface area (Å²) in [7, 11) is 1.00. The molecule has 0 unspecified atom stereocenters. The Morgan fingerprint density at radius 2 is 1.56 bits per heavy atom. The Morgan fingerprint density at radius 3 is 2.00 bits per heavy atom. The van der Waals surface area contributed by atoms with Crippen molar-refractivity contribution in [2.24, 2.45) is 0 Å². The molecule has 0 heterocycles. The smallest absolute Gasteiger partial charge is 0.0785 e. The van der Waals surface area contributed by atoms with Gasteiger partial charge in [-0.1, -0.05) is 54.7 Å². The van der Waals surface area contributed by atoms with Crippen molar-refractivity contribution in [2.75, 3.05) is 19.3 Å². The van der Waals surface area contributed by atoms with E-state index < -0.39 is 0 Å². The normalized spacial score (nSPS) is 11.5. The molecule has 0 bridgehead atoms. The summed E-state index contributed by atoms with van der Waals surface area (Å²) in [6.07, 6.45) is 14.1. The maximum absolute atomic E-state index is 9.50. The van der Waals surface area contributed by atoms with Crippen LogP contribution in [0.15, 0.2) is 84.8 Å². The van der Waals surface area contributed by atoms with Gasteiger partial charge in [0.1, 0.15) is 0 Å². The van der Waals surface area contributed by atoms with E-state index in [2.05, 4.69) is 73.9 Å². The van der Waals surface area contributed by atoms with Gasteiger partial charge in [-0.3, -0.25) is 8.78 Å². The standard InChI is InChI=1S/C20H25N.2CH3F/c1-6-9-11-18(5)21(19(8-3)12-10-7-2)20-15-13-17(4)14-16-20;2*1-2/h6-16H,2H2,1,3-5H3;2*1H3/b9-6-,12-10-,18-11+,19-8+;;. The summed E-state index contributed by atoms with van der Waals surface area (Å²) in [5, 5.41) is 0. The minimum absolute atomic E-state index is 0.500. The molecule has 0 spiro atoms. The zero-order chi connectivity index (χ0) is 19.7. The van der Waals surface area contributed by atoms with Gasteiger partial charge in [0.05, 0.1) is 14.4 Å². The maximum Gasteiger partial charge on any atom is 0.0785 e. The molecule has 0 saturated carbocycles. The molecule has 3 heteroatoms. The van der Waals surface area contributed by atoms with Crippen LogP contribution < -0.4 is 4.90 Å². The molecule has 0 saturated heterocycles. The van der Waals surface area contributed by atoms with E-state index in [1.54, 1.807) is 6.08 Å². The molecule has 1 nitrogen and oxygen atoms in total. The number of allylic oxidation sites excluding steroid dienone is 8. The number of alkyl halides is 2. The molecule has 25 heavy (non-hydrogen) atoms. The first-order valence-electron chi connectivity index (χ1n) is 8.01. The van der Waals surface area contributed by atoms with Crippen LogP contribution in [0.1, 0.15) is 26.3 Å². The van der Waals surface area contributed by atoms with Gasteiger partial charge in [0.15, 0.2) is 0 Å². The third kappa shape index (κ3) is 9.46. The summed E-state index contributed by atoms with van der Waals surface area (Å²) >= 11 is 0. The fraction of sp³-hybridized carbons (Fsp3) is 0.273. The van der Waals surface area contributed by atoms with Gasteiger partial charge in [-0.15, -0.1) is 0 Å². The van der Waals surface area contributed by atoms with Gasteiger partial charge < -0.3 is 4.90 Å². The molecule has 0 N–H and O–H groups in total. The molecule has 0 fully saturated rings. The average molecular weight is 347 g/mol. The first kappa shape index (κ1) is 24.8. The topological polar surface area (TPSA) is 3.24 Å². The number of halogens is 2. The predicted octanol–water partition coefficient (Wildman–Crippen LogP) is 7.10. The fourth-order valence-electron chi connectivity index (χ4n) is 2.03. The molecule has 1 aromatic rings. The molecule has 1 rings (SSSR count). The van der Waals surface area contributed by atoms with E-state index in [-0.39, 0.29) is 0 Å². The van der Waals surface area contributed by atoms with Crippen LogP contribution in [-0.2, 0) is 0 Å². The van der Waals surface area contributed by atoms with Gasteiger partial charge in [-0.25, -0.2) is 0 Å². The van der Waals surface area contributed by atoms with E-state index in [0.717, 1.165) is 11.4 Å². The van der Waals surface area contributed by atoms with Crippen molar-refractivity contribution in [3.05, 3.63) is 90.3 Å². The molecular formula is C22H31F2N. The number of nitrogens with zero attached hydrogens (tertiary/aromatic N) is 1. The van der Waals surface area contributed by atoms with Crippen LogP contribution in [0.25, 0.3) is 0 Å². The van der Waals surface area contributed by atoms with Crippen molar-refractivity contribution >= 4 is 5.69 Å². The van der Waals surface area contributed by atoms with Crippen molar-refractivity contribution in [3.8, 4) is 0 Å². The van der Waals surface area contributed by atoms with Crippen LogP contribution in [0.5, 0.6) is 0 Å². The molecule has 0 aliphatic carbocycles. The zero-order valence-corrected chi connectivity index (χ0v) is 16.3. The fourth-order valence-corrected chi connectivity index (χ4v) is 2.03. The summed E-state index contributed by atoms with van der Waals surface area (Å²) < 4.78 is 19.0. The van der Waals surface area contributed by atoms with Crippen LogP contribution >= 0.6 is 0 Å². The van der Waals surface area contributed by atoms with Crippen LogP contribution in [0, 0.1) is 6.92 Å². The summed E-state index contributed by atoms with van der Waals surface area (Å²) in [4.78, 5) is 2.24. The second-order valence-corrected chi connectivity index (χ2v) is 4.81. The van der Waals surface area contributed by atoms with Crippen molar-refractivity contribution in [2.45, 2.75) is 27.7 Å². The van der Waals surface area contributed by atoms with E-state index in [0.29, 0.717) is 14.4 Å². The lowest BCUT2D eigenvalue weighted by Gasteiger charge is -2.27. The summed E-state index contributed by atoms with van der Waals surface area (Å²) in [6.45, 7) is 12.0. The second kappa shape index (κ2) is 16.4. The molecule has 0 aliphatic rings. The van der Waals surface area contributed by atoms with Crippen molar-refractivity contribution in [3.63, 3.8) is 0 Å². The lowest BCUT2D eigenvalue weighted by molar-refractivity contribution is 0.635. The molecule has 0 amide bonds. The summed E-state index contributed by atoms with van der Waals surface area (Å²) in [6, 6.07) is 8.56. The predicted molar refractivity (Wildman–Crippen MR) is 109 cm³/mol. The first-order valence-corrected chi connectivity index (χ1v) is 8.01. The third-order valence-electron chi connectivity index (χ3n) is 3.13. The monoisotopic (exact) mass is 347 g/mol. The lowest BCUT2D eigenvalue weighted by Crippen LogP contribution is -2.19. The minimum atomic E-state index is 0.500. The largest absolute Gasteiger partial charge is 0.315 e. The van der Waals surface area contributed by atoms with Crippen LogP contribution in [0.3, 0.4) is 0 Å². The number of hydrogen-bond donors (Lipinski definition) is 0. The molecule has 0 aromatic heterocycles. The Labute approximate surface area is 152 Å². The van der Waals surface area contributed by atoms with Crippen LogP contribution in [0.4, 0.5) is 14.5 Å². The number of hydrogen-bond acceptors (Lipinski definition) is 1. The highest BCUT2D eigenvalue weighted by atomic mass is 19.1. The van der Waals surface area contributed by atoms with E-state index in [9.17, 15) is 8.78 Å². The van der Waals surface area contributed by atoms with Gasteiger partial charge in [0, 0.05) is 17.1 Å². The number of rotatable bonds is 6. The third-order valence-corrected chi connectivity index (χ3v) is 3.13. The highest BCUT2D eigenvalue weighted by molar-refractivity contribution is 5.61. The Hall–Kier alpha value is -2.42. The Morgan fingerprint density at radius 1 is 1.00 bits per heavy atom. The van der Waals surface area contributed by atoms with Crippen molar-refractivity contribution in [1.29, 1.82) is 0 Å². The van der Waals surface area contributed by atoms with Crippen molar-refractivity contribution < 1.29 is 8.78 Å². The highest BCUT2D eigenvalue weighted by Crippen LogP contribution is 2.25. The van der Waals surface area contributed by atoms with Crippen molar-refractivity contribution in [1.82, 2.24) is 0 Å². The van der Waals surface area contributed by atoms with Gasteiger partial charge in [0.2, 0.25) is 0 Å². The molecule has 138 valence electrons. The van der Waals surface area contributed by atoms with E-state index in [1.807, 2.05) is 26.0 Å². The average Bonchev–Trinajstić information content (AvgIpc) is 2.67. The Balaban J connectivity index is 0. The van der Waals surface area contributed by atoms with Gasteiger partial charge in [-0.05, 0) is 52.0 Å². The molecule has 0 aliphatic heterocycles. The van der Waals surface area contributed by atoms with Gasteiger partial charge >= 0.3 is 0 Å². The quantitative estimate of drug-likeness (QED) is 0.496. The molecule has 0 radical (unpaired) electrons. The van der Waals surface area contributed by atoms with E-state index in [4.69, 9.17) is 0 Å². The van der Waals surface area contributed by atoms with Gasteiger partial charge in [0.25, 0.3) is 0 Å². The summed E-state index contributed by atoms with van der Waals surface area (Å²) in [5.74, 6) is 0. The van der Waals surface area contributed by atoms with E-state index in [1.165, 1.54) is 11.3 Å². The molecular weight excluding hydrogens is 316 g/mol. The number of aryl methyl sites for hydroxylation is 1. The minimum Gasteiger partial charge on any atom is -0.315 e. The molecule has 1 aromatic carbocycles. The number of benzene rings is 1. The Bertz CT molecular complexity index is 579. The maximum atomic E-state index is 9.50. The van der Waals surface area contributed by atoms with Gasteiger partial charge in [-0.2, -0.15) is 0 Å². The second-order valence-electron chi connectivity index (χ2n) is 4.81. The SMILES string of the molecule is C=C/C=C\C(=C/C)N(/C(C)=C/C=C\C)c1ccc(C)cc1.CF.CF. The zero-order valence-electron chi connectivity index (χ0n) is 16.3. The Kier molecular flexibility index (Phi) is 16.3. The van der Waals surface area contributed by atoms with Crippen LogP contribution in [-0.4, -0.2) is 14.4 Å². The van der Waals surface area contributed by atoms with E-state index >= 15 is 0 Å².